The standard InChI is InChI=1S/C17H29N3O2/c1-4-18-16(19-12-14(21)15-6-5-11-22-15)20-13-7-9-17(2,3)10-8-13/h5-6,11,13-14,21H,4,7-10,12H2,1-3H3,(H2,18,19,20). The molecule has 0 amide bonds. The number of aliphatic imine (C=N–C) groups is 1. The van der Waals surface area contributed by atoms with Crippen LogP contribution < -0.4 is 10.6 Å². The van der Waals surface area contributed by atoms with Crippen LogP contribution in [0.4, 0.5) is 0 Å². The average Bonchev–Trinajstić information content (AvgIpc) is 3.01. The van der Waals surface area contributed by atoms with E-state index >= 15 is 0 Å². The van der Waals surface area contributed by atoms with Crippen LogP contribution in [-0.4, -0.2) is 30.2 Å². The molecule has 5 heteroatoms. The highest BCUT2D eigenvalue weighted by molar-refractivity contribution is 5.80. The van der Waals surface area contributed by atoms with Crippen LogP contribution in [-0.2, 0) is 0 Å². The highest BCUT2D eigenvalue weighted by Gasteiger charge is 2.27. The summed E-state index contributed by atoms with van der Waals surface area (Å²) in [5.74, 6) is 1.33. The Morgan fingerprint density at radius 1 is 1.45 bits per heavy atom. The number of hydrogen-bond donors (Lipinski definition) is 3. The van der Waals surface area contributed by atoms with Crippen molar-refractivity contribution >= 4 is 5.96 Å². The fourth-order valence-corrected chi connectivity index (χ4v) is 2.81. The molecule has 3 N–H and O–H groups in total. The van der Waals surface area contributed by atoms with Crippen molar-refractivity contribution in [3.8, 4) is 0 Å². The first kappa shape index (κ1) is 16.9. The Kier molecular flexibility index (Phi) is 5.89. The Hall–Kier alpha value is -1.49. The Balaban J connectivity index is 1.87. The molecule has 1 atom stereocenters. The average molecular weight is 307 g/mol. The van der Waals surface area contributed by atoms with Gasteiger partial charge in [0.25, 0.3) is 0 Å². The highest BCUT2D eigenvalue weighted by Crippen LogP contribution is 2.34. The maximum absolute atomic E-state index is 10.0. The second-order valence-corrected chi connectivity index (χ2v) is 6.83. The highest BCUT2D eigenvalue weighted by atomic mass is 16.4. The number of aliphatic hydroxyl groups is 1. The molecular weight excluding hydrogens is 278 g/mol. The molecule has 1 saturated carbocycles. The van der Waals surface area contributed by atoms with Gasteiger partial charge in [0.05, 0.1) is 12.8 Å². The van der Waals surface area contributed by atoms with Gasteiger partial charge < -0.3 is 20.2 Å². The molecule has 1 fully saturated rings. The summed E-state index contributed by atoms with van der Waals surface area (Å²) in [6, 6.07) is 4.01. The number of aliphatic hydroxyl groups excluding tert-OH is 1. The van der Waals surface area contributed by atoms with Crippen molar-refractivity contribution < 1.29 is 9.52 Å². The topological polar surface area (TPSA) is 69.8 Å². The predicted octanol–water partition coefficient (Wildman–Crippen LogP) is 2.84. The zero-order chi connectivity index (χ0) is 16.0. The van der Waals surface area contributed by atoms with Gasteiger partial charge in [0, 0.05) is 12.6 Å². The molecule has 1 aromatic rings. The molecule has 0 aliphatic heterocycles. The van der Waals surface area contributed by atoms with E-state index in [1.54, 1.807) is 18.4 Å². The van der Waals surface area contributed by atoms with Crippen LogP contribution >= 0.6 is 0 Å². The fourth-order valence-electron chi connectivity index (χ4n) is 2.81. The predicted molar refractivity (Wildman–Crippen MR) is 88.8 cm³/mol. The maximum Gasteiger partial charge on any atom is 0.191 e. The largest absolute Gasteiger partial charge is 0.467 e. The molecule has 1 aliphatic carbocycles. The van der Waals surface area contributed by atoms with Gasteiger partial charge in [-0.2, -0.15) is 0 Å². The summed E-state index contributed by atoms with van der Waals surface area (Å²) in [6.45, 7) is 7.82. The monoisotopic (exact) mass is 307 g/mol. The third-order valence-corrected chi connectivity index (χ3v) is 4.32. The first-order valence-electron chi connectivity index (χ1n) is 8.26. The molecule has 5 nitrogen and oxygen atoms in total. The lowest BCUT2D eigenvalue weighted by molar-refractivity contribution is 0.158. The van der Waals surface area contributed by atoms with Crippen LogP contribution in [0.25, 0.3) is 0 Å². The minimum atomic E-state index is -0.698. The lowest BCUT2D eigenvalue weighted by Crippen LogP contribution is -2.45. The molecule has 1 unspecified atom stereocenters. The molecule has 0 bridgehead atoms. The van der Waals surface area contributed by atoms with Crippen molar-refractivity contribution in [2.75, 3.05) is 13.1 Å². The van der Waals surface area contributed by atoms with Gasteiger partial charge in [-0.25, -0.2) is 0 Å². The van der Waals surface area contributed by atoms with Crippen molar-refractivity contribution in [1.29, 1.82) is 0 Å². The van der Waals surface area contributed by atoms with Gasteiger partial charge in [-0.05, 0) is 50.2 Å². The zero-order valence-corrected chi connectivity index (χ0v) is 13.9. The summed E-state index contributed by atoms with van der Waals surface area (Å²) in [5, 5.41) is 16.8. The van der Waals surface area contributed by atoms with Gasteiger partial charge in [0.2, 0.25) is 0 Å². The van der Waals surface area contributed by atoms with Crippen LogP contribution in [0.3, 0.4) is 0 Å². The molecule has 0 aromatic carbocycles. The Morgan fingerprint density at radius 3 is 2.77 bits per heavy atom. The molecular formula is C17H29N3O2. The molecule has 22 heavy (non-hydrogen) atoms. The molecule has 0 saturated heterocycles. The van der Waals surface area contributed by atoms with Gasteiger partial charge in [0.15, 0.2) is 5.96 Å². The summed E-state index contributed by atoms with van der Waals surface area (Å²) < 4.78 is 5.20. The summed E-state index contributed by atoms with van der Waals surface area (Å²) in [5.41, 5.74) is 0.461. The molecule has 0 radical (unpaired) electrons. The molecule has 1 heterocycles. The van der Waals surface area contributed by atoms with Crippen molar-refractivity contribution in [3.05, 3.63) is 24.2 Å². The van der Waals surface area contributed by atoms with Gasteiger partial charge in [-0.3, -0.25) is 4.99 Å². The van der Waals surface area contributed by atoms with Gasteiger partial charge in [-0.1, -0.05) is 13.8 Å². The van der Waals surface area contributed by atoms with Gasteiger partial charge in [-0.15, -0.1) is 0 Å². The third-order valence-electron chi connectivity index (χ3n) is 4.32. The van der Waals surface area contributed by atoms with E-state index in [2.05, 4.69) is 29.5 Å². The minimum Gasteiger partial charge on any atom is -0.467 e. The lowest BCUT2D eigenvalue weighted by Gasteiger charge is -2.35. The Bertz CT molecular complexity index is 458. The number of rotatable bonds is 5. The van der Waals surface area contributed by atoms with Gasteiger partial charge >= 0.3 is 0 Å². The van der Waals surface area contributed by atoms with E-state index in [1.807, 2.05) is 6.92 Å². The maximum atomic E-state index is 10.0. The summed E-state index contributed by atoms with van der Waals surface area (Å²) in [6.07, 6.45) is 5.67. The van der Waals surface area contributed by atoms with Crippen molar-refractivity contribution in [3.63, 3.8) is 0 Å². The van der Waals surface area contributed by atoms with Crippen LogP contribution in [0, 0.1) is 5.41 Å². The fraction of sp³-hybridized carbons (Fsp3) is 0.706. The van der Waals surface area contributed by atoms with Crippen molar-refractivity contribution in [1.82, 2.24) is 10.6 Å². The van der Waals surface area contributed by atoms with E-state index in [9.17, 15) is 5.11 Å². The van der Waals surface area contributed by atoms with E-state index in [0.29, 0.717) is 23.8 Å². The molecule has 0 spiro atoms. The molecule has 1 aromatic heterocycles. The SMILES string of the molecule is CCNC(=NCC(O)c1ccco1)NC1CCC(C)(C)CC1. The van der Waals surface area contributed by atoms with Crippen LogP contribution in [0.15, 0.2) is 27.8 Å². The number of hydrogen-bond acceptors (Lipinski definition) is 3. The number of nitrogens with one attached hydrogen (secondary N) is 2. The second kappa shape index (κ2) is 7.68. The Labute approximate surface area is 133 Å². The van der Waals surface area contributed by atoms with E-state index in [1.165, 1.54) is 12.8 Å². The number of furan rings is 1. The van der Waals surface area contributed by atoms with Gasteiger partial charge in [0.1, 0.15) is 11.9 Å². The minimum absolute atomic E-state index is 0.293. The van der Waals surface area contributed by atoms with Crippen LogP contribution in [0.1, 0.15) is 58.3 Å². The number of nitrogens with zero attached hydrogens (tertiary/aromatic N) is 1. The first-order chi connectivity index (χ1) is 10.5. The van der Waals surface area contributed by atoms with Crippen molar-refractivity contribution in [2.24, 2.45) is 10.4 Å². The smallest absolute Gasteiger partial charge is 0.191 e. The summed E-state index contributed by atoms with van der Waals surface area (Å²) >= 11 is 0. The zero-order valence-electron chi connectivity index (χ0n) is 13.9. The molecule has 124 valence electrons. The van der Waals surface area contributed by atoms with Crippen LogP contribution in [0.5, 0.6) is 0 Å². The second-order valence-electron chi connectivity index (χ2n) is 6.83. The Morgan fingerprint density at radius 2 is 2.18 bits per heavy atom. The quantitative estimate of drug-likeness (QED) is 0.578. The van der Waals surface area contributed by atoms with E-state index < -0.39 is 6.10 Å². The van der Waals surface area contributed by atoms with Crippen LogP contribution in [0.2, 0.25) is 0 Å². The third kappa shape index (κ3) is 5.05. The number of guanidine groups is 1. The molecule has 2 rings (SSSR count). The van der Waals surface area contributed by atoms with E-state index in [4.69, 9.17) is 4.42 Å². The normalized spacial score (nSPS) is 20.6. The van der Waals surface area contributed by atoms with E-state index in [-0.39, 0.29) is 0 Å². The first-order valence-corrected chi connectivity index (χ1v) is 8.26. The summed E-state index contributed by atoms with van der Waals surface area (Å²) in [4.78, 5) is 4.48. The van der Waals surface area contributed by atoms with E-state index in [0.717, 1.165) is 25.3 Å². The molecule has 1 aliphatic rings. The summed E-state index contributed by atoms with van der Waals surface area (Å²) in [7, 11) is 0. The van der Waals surface area contributed by atoms with Crippen molar-refractivity contribution in [2.45, 2.75) is 58.6 Å². The lowest BCUT2D eigenvalue weighted by atomic mass is 9.75.